The molecule has 0 aliphatic rings. The smallest absolute Gasteiger partial charge is 0.171 e. The van der Waals surface area contributed by atoms with Crippen LogP contribution in [0.3, 0.4) is 0 Å². The van der Waals surface area contributed by atoms with Crippen LogP contribution in [0.1, 0.15) is 57.6 Å². The molecule has 1 heterocycles. The Labute approximate surface area is 104 Å². The first-order chi connectivity index (χ1) is 7.52. The summed E-state index contributed by atoms with van der Waals surface area (Å²) in [7, 11) is 0. The highest BCUT2D eigenvalue weighted by molar-refractivity contribution is 6.00. The van der Waals surface area contributed by atoms with Crippen molar-refractivity contribution in [3.8, 4) is 0 Å². The van der Waals surface area contributed by atoms with E-state index in [1.807, 2.05) is 32.4 Å². The van der Waals surface area contributed by atoms with Crippen LogP contribution in [0.4, 0.5) is 0 Å². The van der Waals surface area contributed by atoms with Gasteiger partial charge in [-0.2, -0.15) is 5.10 Å². The van der Waals surface area contributed by atoms with Gasteiger partial charge in [0.05, 0.1) is 11.8 Å². The van der Waals surface area contributed by atoms with Crippen molar-refractivity contribution < 1.29 is 4.79 Å². The van der Waals surface area contributed by atoms with Gasteiger partial charge in [0.15, 0.2) is 5.78 Å². The van der Waals surface area contributed by atoms with Gasteiger partial charge in [-0.1, -0.05) is 41.5 Å². The van der Waals surface area contributed by atoms with Crippen molar-refractivity contribution in [2.45, 2.75) is 55.0 Å². The Morgan fingerprint density at radius 3 is 2.18 bits per heavy atom. The van der Waals surface area contributed by atoms with Crippen molar-refractivity contribution in [3.05, 3.63) is 17.5 Å². The monoisotopic (exact) mass is 236 g/mol. The van der Waals surface area contributed by atoms with E-state index in [4.69, 9.17) is 0 Å². The minimum atomic E-state index is -0.347. The summed E-state index contributed by atoms with van der Waals surface area (Å²) in [6.45, 7) is 15.1. The zero-order valence-corrected chi connectivity index (χ0v) is 12.1. The molecule has 0 saturated heterocycles. The van der Waals surface area contributed by atoms with Crippen molar-refractivity contribution in [2.24, 2.45) is 10.8 Å². The molecule has 3 nitrogen and oxygen atoms in total. The maximum Gasteiger partial charge on any atom is 0.171 e. The zero-order chi connectivity index (χ0) is 13.4. The largest absolute Gasteiger partial charge is 0.293 e. The molecule has 96 valence electrons. The van der Waals surface area contributed by atoms with Crippen LogP contribution in [0.15, 0.2) is 6.20 Å². The van der Waals surface area contributed by atoms with Gasteiger partial charge in [-0.05, 0) is 12.3 Å². The van der Waals surface area contributed by atoms with Gasteiger partial charge in [-0.25, -0.2) is 0 Å². The second-order valence-corrected chi connectivity index (χ2v) is 6.94. The van der Waals surface area contributed by atoms with E-state index in [2.05, 4.69) is 25.9 Å². The lowest BCUT2D eigenvalue weighted by atomic mass is 9.87. The molecule has 1 aromatic rings. The van der Waals surface area contributed by atoms with Crippen molar-refractivity contribution >= 4 is 5.78 Å². The summed E-state index contributed by atoms with van der Waals surface area (Å²) < 4.78 is 1.93. The third kappa shape index (κ3) is 3.42. The first-order valence-electron chi connectivity index (χ1n) is 6.09. The van der Waals surface area contributed by atoms with Crippen LogP contribution >= 0.6 is 0 Å². The Bertz CT molecular complexity index is 416. The van der Waals surface area contributed by atoms with Crippen molar-refractivity contribution in [2.75, 3.05) is 0 Å². The lowest BCUT2D eigenvalue weighted by Gasteiger charge is -2.20. The number of ketones is 1. The summed E-state index contributed by atoms with van der Waals surface area (Å²) >= 11 is 0. The average molecular weight is 236 g/mol. The van der Waals surface area contributed by atoms with E-state index in [1.54, 1.807) is 6.20 Å². The maximum absolute atomic E-state index is 12.2. The first kappa shape index (κ1) is 13.9. The number of nitrogens with zero attached hydrogens (tertiary/aromatic N) is 2. The lowest BCUT2D eigenvalue weighted by Crippen LogP contribution is -2.22. The minimum Gasteiger partial charge on any atom is -0.293 e. The SMILES string of the molecule is Cc1c(C(=O)C(C)(C)C)cnn1CC(C)(C)C. The Morgan fingerprint density at radius 2 is 1.76 bits per heavy atom. The summed E-state index contributed by atoms with van der Waals surface area (Å²) in [5.41, 5.74) is 1.54. The van der Waals surface area contributed by atoms with Gasteiger partial charge < -0.3 is 0 Å². The number of hydrogen-bond donors (Lipinski definition) is 0. The quantitative estimate of drug-likeness (QED) is 0.737. The minimum absolute atomic E-state index is 0.162. The summed E-state index contributed by atoms with van der Waals surface area (Å²) in [4.78, 5) is 12.2. The van der Waals surface area contributed by atoms with Crippen LogP contribution in [0, 0.1) is 17.8 Å². The molecule has 17 heavy (non-hydrogen) atoms. The number of carbonyl (C=O) groups is 1. The van der Waals surface area contributed by atoms with Gasteiger partial charge in [0.25, 0.3) is 0 Å². The third-order valence-corrected chi connectivity index (χ3v) is 2.65. The molecule has 3 heteroatoms. The fraction of sp³-hybridized carbons (Fsp3) is 0.714. The highest BCUT2D eigenvalue weighted by Crippen LogP contribution is 2.24. The number of rotatable bonds is 2. The molecule has 0 N–H and O–H groups in total. The molecular weight excluding hydrogens is 212 g/mol. The van der Waals surface area contributed by atoms with E-state index >= 15 is 0 Å². The summed E-state index contributed by atoms with van der Waals surface area (Å²) in [5.74, 6) is 0.162. The van der Waals surface area contributed by atoms with Crippen molar-refractivity contribution in [1.82, 2.24) is 9.78 Å². The molecule has 0 unspecified atom stereocenters. The second kappa shape index (κ2) is 4.28. The van der Waals surface area contributed by atoms with Gasteiger partial charge in [-0.15, -0.1) is 0 Å². The molecule has 0 spiro atoms. The van der Waals surface area contributed by atoms with Gasteiger partial charge in [-0.3, -0.25) is 9.48 Å². The average Bonchev–Trinajstić information content (AvgIpc) is 2.43. The normalized spacial score (nSPS) is 12.9. The fourth-order valence-corrected chi connectivity index (χ4v) is 1.68. The molecule has 0 saturated carbocycles. The maximum atomic E-state index is 12.2. The van der Waals surface area contributed by atoms with Crippen molar-refractivity contribution in [3.63, 3.8) is 0 Å². The number of carbonyl (C=O) groups excluding carboxylic acids is 1. The predicted molar refractivity (Wildman–Crippen MR) is 70.2 cm³/mol. The van der Waals surface area contributed by atoms with Crippen LogP contribution in [0.5, 0.6) is 0 Å². The van der Waals surface area contributed by atoms with E-state index in [-0.39, 0.29) is 16.6 Å². The summed E-state index contributed by atoms with van der Waals surface area (Å²) in [6.07, 6.45) is 1.70. The number of hydrogen-bond acceptors (Lipinski definition) is 2. The summed E-state index contributed by atoms with van der Waals surface area (Å²) in [5, 5.41) is 4.33. The number of Topliss-reactive ketones (excluding diaryl/α,β-unsaturated/α-hetero) is 1. The highest BCUT2D eigenvalue weighted by Gasteiger charge is 2.26. The number of aromatic nitrogens is 2. The molecule has 0 bridgehead atoms. The Balaban J connectivity index is 3.04. The van der Waals surface area contributed by atoms with Crippen molar-refractivity contribution in [1.29, 1.82) is 0 Å². The standard InChI is InChI=1S/C14H24N2O/c1-10-11(12(17)14(5,6)7)8-15-16(10)9-13(2,3)4/h8H,9H2,1-7H3. The van der Waals surface area contributed by atoms with E-state index in [9.17, 15) is 4.79 Å². The Hall–Kier alpha value is -1.12. The van der Waals surface area contributed by atoms with Crippen LogP contribution in [-0.2, 0) is 6.54 Å². The fourth-order valence-electron chi connectivity index (χ4n) is 1.68. The van der Waals surface area contributed by atoms with Gasteiger partial charge in [0.1, 0.15) is 0 Å². The van der Waals surface area contributed by atoms with Crippen LogP contribution in [0.2, 0.25) is 0 Å². The topological polar surface area (TPSA) is 34.9 Å². The molecule has 0 radical (unpaired) electrons. The molecule has 0 aliphatic heterocycles. The third-order valence-electron chi connectivity index (χ3n) is 2.65. The lowest BCUT2D eigenvalue weighted by molar-refractivity contribution is 0.0857. The predicted octanol–water partition coefficient (Wildman–Crippen LogP) is 3.47. The van der Waals surface area contributed by atoms with Crippen LogP contribution in [0.25, 0.3) is 0 Å². The van der Waals surface area contributed by atoms with E-state index in [1.165, 1.54) is 0 Å². The molecule has 0 fully saturated rings. The van der Waals surface area contributed by atoms with E-state index in [0.717, 1.165) is 17.8 Å². The van der Waals surface area contributed by atoms with Crippen LogP contribution in [-0.4, -0.2) is 15.6 Å². The Morgan fingerprint density at radius 1 is 1.24 bits per heavy atom. The molecular formula is C14H24N2O. The van der Waals surface area contributed by atoms with Gasteiger partial charge in [0, 0.05) is 17.7 Å². The van der Waals surface area contributed by atoms with Gasteiger partial charge >= 0.3 is 0 Å². The zero-order valence-electron chi connectivity index (χ0n) is 12.1. The molecule has 0 atom stereocenters. The Kier molecular flexibility index (Phi) is 3.51. The molecule has 0 aliphatic carbocycles. The molecule has 0 aromatic carbocycles. The van der Waals surface area contributed by atoms with Gasteiger partial charge in [0.2, 0.25) is 0 Å². The summed E-state index contributed by atoms with van der Waals surface area (Å²) in [6, 6.07) is 0. The second-order valence-electron chi connectivity index (χ2n) is 6.94. The first-order valence-corrected chi connectivity index (χ1v) is 6.09. The van der Waals surface area contributed by atoms with E-state index in [0.29, 0.717) is 0 Å². The highest BCUT2D eigenvalue weighted by atomic mass is 16.1. The van der Waals surface area contributed by atoms with Crippen LogP contribution < -0.4 is 0 Å². The molecule has 1 aromatic heterocycles. The molecule has 0 amide bonds. The van der Waals surface area contributed by atoms with E-state index < -0.39 is 0 Å². The molecule has 1 rings (SSSR count).